The van der Waals surface area contributed by atoms with Crippen LogP contribution in [0.3, 0.4) is 0 Å². The number of hydrogen-bond donors (Lipinski definition) is 1. The maximum atomic E-state index is 9.47. The number of ether oxygens (including phenoxy) is 1. The van der Waals surface area contributed by atoms with E-state index in [0.29, 0.717) is 5.02 Å². The summed E-state index contributed by atoms with van der Waals surface area (Å²) in [7, 11) is 0. The van der Waals surface area contributed by atoms with Gasteiger partial charge in [0, 0.05) is 5.02 Å². The molecule has 1 atom stereocenters. The molecule has 2 aromatic rings. The second kappa shape index (κ2) is 5.64. The van der Waals surface area contributed by atoms with Gasteiger partial charge in [-0.15, -0.1) is 0 Å². The zero-order chi connectivity index (χ0) is 14.0. The third kappa shape index (κ3) is 3.28. The molecule has 0 saturated heterocycles. The average Bonchev–Trinajstić information content (AvgIpc) is 2.34. The largest absolute Gasteiger partial charge is 0.457 e. The van der Waals surface area contributed by atoms with Crippen molar-refractivity contribution in [2.45, 2.75) is 26.9 Å². The van der Waals surface area contributed by atoms with Gasteiger partial charge in [0.05, 0.1) is 6.10 Å². The van der Waals surface area contributed by atoms with Crippen molar-refractivity contribution in [3.63, 3.8) is 0 Å². The number of hydrogen-bond acceptors (Lipinski definition) is 2. The monoisotopic (exact) mass is 276 g/mol. The maximum Gasteiger partial charge on any atom is 0.133 e. The van der Waals surface area contributed by atoms with Crippen LogP contribution in [-0.4, -0.2) is 5.11 Å². The summed E-state index contributed by atoms with van der Waals surface area (Å²) < 4.78 is 5.89. The minimum absolute atomic E-state index is 0.465. The number of aliphatic hydroxyl groups is 1. The van der Waals surface area contributed by atoms with E-state index in [1.54, 1.807) is 6.92 Å². The molecule has 3 heteroatoms. The summed E-state index contributed by atoms with van der Waals surface area (Å²) in [4.78, 5) is 0. The Bertz CT molecular complexity index is 551. The highest BCUT2D eigenvalue weighted by molar-refractivity contribution is 6.30. The lowest BCUT2D eigenvalue weighted by Gasteiger charge is -2.13. The Kier molecular flexibility index (Phi) is 4.13. The first kappa shape index (κ1) is 13.9. The summed E-state index contributed by atoms with van der Waals surface area (Å²) in [6.45, 7) is 5.68. The molecule has 0 aliphatic rings. The van der Waals surface area contributed by atoms with Gasteiger partial charge < -0.3 is 9.84 Å². The molecule has 0 heterocycles. The molecule has 0 unspecified atom stereocenters. The van der Waals surface area contributed by atoms with E-state index in [0.717, 1.165) is 28.2 Å². The summed E-state index contributed by atoms with van der Waals surface area (Å²) in [5.41, 5.74) is 2.88. The fourth-order valence-electron chi connectivity index (χ4n) is 1.99. The minimum Gasteiger partial charge on any atom is -0.457 e. The second-order valence-electron chi connectivity index (χ2n) is 4.72. The molecule has 0 aromatic heterocycles. The van der Waals surface area contributed by atoms with Gasteiger partial charge in [-0.25, -0.2) is 0 Å². The molecular weight excluding hydrogens is 260 g/mol. The second-order valence-corrected chi connectivity index (χ2v) is 5.15. The molecule has 2 aromatic carbocycles. The van der Waals surface area contributed by atoms with Crippen LogP contribution in [0.4, 0.5) is 0 Å². The topological polar surface area (TPSA) is 29.5 Å². The van der Waals surface area contributed by atoms with Gasteiger partial charge in [0.1, 0.15) is 11.5 Å². The van der Waals surface area contributed by atoms with Crippen molar-refractivity contribution in [1.82, 2.24) is 0 Å². The molecule has 100 valence electrons. The van der Waals surface area contributed by atoms with Crippen LogP contribution in [0.1, 0.15) is 29.7 Å². The molecule has 0 radical (unpaired) electrons. The Morgan fingerprint density at radius 1 is 1.05 bits per heavy atom. The van der Waals surface area contributed by atoms with E-state index in [1.807, 2.05) is 50.2 Å². The third-order valence-electron chi connectivity index (χ3n) is 3.01. The van der Waals surface area contributed by atoms with Gasteiger partial charge in [0.15, 0.2) is 0 Å². The first-order valence-electron chi connectivity index (χ1n) is 6.20. The van der Waals surface area contributed by atoms with Crippen LogP contribution in [0, 0.1) is 13.8 Å². The highest BCUT2D eigenvalue weighted by Crippen LogP contribution is 2.31. The van der Waals surface area contributed by atoms with E-state index >= 15 is 0 Å². The van der Waals surface area contributed by atoms with E-state index in [-0.39, 0.29) is 0 Å². The maximum absolute atomic E-state index is 9.47. The predicted molar refractivity (Wildman–Crippen MR) is 78.1 cm³/mol. The van der Waals surface area contributed by atoms with E-state index in [4.69, 9.17) is 16.3 Å². The fraction of sp³-hybridized carbons (Fsp3) is 0.250. The van der Waals surface area contributed by atoms with Crippen molar-refractivity contribution in [2.24, 2.45) is 0 Å². The van der Waals surface area contributed by atoms with Gasteiger partial charge >= 0.3 is 0 Å². The minimum atomic E-state index is -0.465. The number of aliphatic hydroxyl groups excluding tert-OH is 1. The van der Waals surface area contributed by atoms with E-state index in [9.17, 15) is 5.11 Å². The molecule has 0 saturated carbocycles. The third-order valence-corrected chi connectivity index (χ3v) is 3.23. The Morgan fingerprint density at radius 3 is 2.05 bits per heavy atom. The molecule has 0 aliphatic carbocycles. The van der Waals surface area contributed by atoms with Crippen LogP contribution in [0.15, 0.2) is 36.4 Å². The highest BCUT2D eigenvalue weighted by atomic mass is 35.5. The summed E-state index contributed by atoms with van der Waals surface area (Å²) in [5.74, 6) is 1.58. The molecule has 0 amide bonds. The standard InChI is InChI=1S/C16H17ClO2/c1-10-8-14(17)9-11(2)16(10)19-15-6-4-13(5-7-15)12(3)18/h4-9,12,18H,1-3H3/t12-/m1/s1. The van der Waals surface area contributed by atoms with Gasteiger partial charge in [-0.3, -0.25) is 0 Å². The van der Waals surface area contributed by atoms with E-state index < -0.39 is 6.10 Å². The molecule has 0 bridgehead atoms. The molecule has 19 heavy (non-hydrogen) atoms. The van der Waals surface area contributed by atoms with E-state index in [1.165, 1.54) is 0 Å². The quantitative estimate of drug-likeness (QED) is 0.872. The zero-order valence-electron chi connectivity index (χ0n) is 11.3. The molecule has 0 fully saturated rings. The Labute approximate surface area is 118 Å². The van der Waals surface area contributed by atoms with Crippen molar-refractivity contribution in [2.75, 3.05) is 0 Å². The first-order valence-corrected chi connectivity index (χ1v) is 6.58. The first-order chi connectivity index (χ1) is 8.97. The predicted octanol–water partition coefficient (Wildman–Crippen LogP) is 4.80. The fourth-order valence-corrected chi connectivity index (χ4v) is 2.32. The smallest absolute Gasteiger partial charge is 0.133 e. The summed E-state index contributed by atoms with van der Waals surface area (Å²) in [5, 5.41) is 10.2. The average molecular weight is 277 g/mol. The summed E-state index contributed by atoms with van der Waals surface area (Å²) in [6.07, 6.45) is -0.465. The highest BCUT2D eigenvalue weighted by Gasteiger charge is 2.07. The molecule has 2 nitrogen and oxygen atoms in total. The normalized spacial score (nSPS) is 12.3. The van der Waals surface area contributed by atoms with Crippen LogP contribution in [0.5, 0.6) is 11.5 Å². The zero-order valence-corrected chi connectivity index (χ0v) is 12.0. The van der Waals surface area contributed by atoms with Gasteiger partial charge in [-0.2, -0.15) is 0 Å². The lowest BCUT2D eigenvalue weighted by Crippen LogP contribution is -1.93. The number of halogens is 1. The molecule has 1 N–H and O–H groups in total. The molecule has 2 rings (SSSR count). The molecule has 0 aliphatic heterocycles. The van der Waals surface area contributed by atoms with Crippen LogP contribution < -0.4 is 4.74 Å². The van der Waals surface area contributed by atoms with Crippen LogP contribution in [-0.2, 0) is 0 Å². The lowest BCUT2D eigenvalue weighted by atomic mass is 10.1. The SMILES string of the molecule is Cc1cc(Cl)cc(C)c1Oc1ccc([C@@H](C)O)cc1. The Balaban J connectivity index is 2.26. The number of aryl methyl sites for hydroxylation is 2. The Morgan fingerprint density at radius 2 is 1.58 bits per heavy atom. The summed E-state index contributed by atoms with van der Waals surface area (Å²) in [6, 6.07) is 11.2. The van der Waals surface area contributed by atoms with Crippen molar-refractivity contribution < 1.29 is 9.84 Å². The lowest BCUT2D eigenvalue weighted by molar-refractivity contribution is 0.199. The number of rotatable bonds is 3. The Hall–Kier alpha value is -1.51. The van der Waals surface area contributed by atoms with Crippen LogP contribution >= 0.6 is 11.6 Å². The van der Waals surface area contributed by atoms with Crippen molar-refractivity contribution >= 4 is 11.6 Å². The molecule has 0 spiro atoms. The van der Waals surface area contributed by atoms with Crippen molar-refractivity contribution in [3.05, 3.63) is 58.1 Å². The summed E-state index contributed by atoms with van der Waals surface area (Å²) >= 11 is 6.00. The van der Waals surface area contributed by atoms with Gasteiger partial charge in [-0.05, 0) is 61.7 Å². The molecular formula is C16H17ClO2. The van der Waals surface area contributed by atoms with Gasteiger partial charge in [0.2, 0.25) is 0 Å². The van der Waals surface area contributed by atoms with Gasteiger partial charge in [0.25, 0.3) is 0 Å². The van der Waals surface area contributed by atoms with Crippen molar-refractivity contribution in [1.29, 1.82) is 0 Å². The van der Waals surface area contributed by atoms with Crippen LogP contribution in [0.2, 0.25) is 5.02 Å². The van der Waals surface area contributed by atoms with Crippen molar-refractivity contribution in [3.8, 4) is 11.5 Å². The van der Waals surface area contributed by atoms with Gasteiger partial charge in [-0.1, -0.05) is 23.7 Å². The number of benzene rings is 2. The van der Waals surface area contributed by atoms with E-state index in [2.05, 4.69) is 0 Å². The van der Waals surface area contributed by atoms with Crippen LogP contribution in [0.25, 0.3) is 0 Å².